The van der Waals surface area contributed by atoms with Crippen LogP contribution in [0.2, 0.25) is 0 Å². The predicted octanol–water partition coefficient (Wildman–Crippen LogP) is 3.86. The van der Waals surface area contributed by atoms with Gasteiger partial charge in [0.15, 0.2) is 0 Å². The molecule has 0 atom stereocenters. The van der Waals surface area contributed by atoms with E-state index in [1.807, 2.05) is 45.0 Å². The number of carbonyl (C=O) groups is 1. The Morgan fingerprint density at radius 2 is 1.79 bits per heavy atom. The van der Waals surface area contributed by atoms with E-state index >= 15 is 0 Å². The van der Waals surface area contributed by atoms with Crippen molar-refractivity contribution in [2.24, 2.45) is 0 Å². The van der Waals surface area contributed by atoms with Gasteiger partial charge in [0.25, 0.3) is 5.56 Å². The van der Waals surface area contributed by atoms with E-state index in [2.05, 4.69) is 24.1 Å². The number of hydrogen-bond donors (Lipinski definition) is 1. The molecule has 0 saturated heterocycles. The van der Waals surface area contributed by atoms with Crippen LogP contribution in [-0.2, 0) is 17.9 Å². The van der Waals surface area contributed by atoms with Crippen molar-refractivity contribution in [3.8, 4) is 0 Å². The lowest BCUT2D eigenvalue weighted by Crippen LogP contribution is -2.34. The van der Waals surface area contributed by atoms with Crippen LogP contribution in [0.5, 0.6) is 0 Å². The molecule has 2 aromatic heterocycles. The average Bonchev–Trinajstić information content (AvgIpc) is 2.98. The minimum absolute atomic E-state index is 0.0550. The fourth-order valence-corrected chi connectivity index (χ4v) is 4.32. The highest BCUT2D eigenvalue weighted by Gasteiger charge is 2.19. The number of amides is 1. The summed E-state index contributed by atoms with van der Waals surface area (Å²) in [5.41, 5.74) is 2.65. The van der Waals surface area contributed by atoms with Crippen molar-refractivity contribution in [1.29, 1.82) is 0 Å². The van der Waals surface area contributed by atoms with Crippen molar-refractivity contribution in [2.45, 2.75) is 47.7 Å². The maximum absolute atomic E-state index is 13.3. The Balaban J connectivity index is 1.99. The van der Waals surface area contributed by atoms with Gasteiger partial charge in [-0.3, -0.25) is 19.1 Å². The number of anilines is 1. The van der Waals surface area contributed by atoms with Crippen LogP contribution in [0.15, 0.2) is 29.1 Å². The highest BCUT2D eigenvalue weighted by molar-refractivity contribution is 7.18. The number of benzene rings is 1. The fraction of sp³-hybridized carbons (Fsp3) is 0.409. The molecule has 6 nitrogen and oxygen atoms in total. The summed E-state index contributed by atoms with van der Waals surface area (Å²) in [5.74, 6) is 0.397. The van der Waals surface area contributed by atoms with Gasteiger partial charge >= 0.3 is 0 Å². The van der Waals surface area contributed by atoms with Gasteiger partial charge in [-0.2, -0.15) is 0 Å². The molecule has 0 spiro atoms. The van der Waals surface area contributed by atoms with Crippen molar-refractivity contribution >= 4 is 33.1 Å². The van der Waals surface area contributed by atoms with Gasteiger partial charge in [0.05, 0.1) is 11.9 Å². The summed E-state index contributed by atoms with van der Waals surface area (Å²) >= 11 is 1.54. The van der Waals surface area contributed by atoms with Crippen molar-refractivity contribution in [3.05, 3.63) is 56.4 Å². The highest BCUT2D eigenvalue weighted by Crippen LogP contribution is 2.26. The largest absolute Gasteiger partial charge is 0.325 e. The summed E-state index contributed by atoms with van der Waals surface area (Å²) in [5, 5.41) is 3.51. The molecule has 0 aliphatic rings. The zero-order valence-corrected chi connectivity index (χ0v) is 18.5. The number of fused-ring (bicyclic) bond motifs is 1. The first kappa shape index (κ1) is 21.2. The van der Waals surface area contributed by atoms with Crippen LogP contribution in [0.4, 0.5) is 5.69 Å². The molecule has 7 heteroatoms. The third-order valence-electron chi connectivity index (χ3n) is 5.26. The Morgan fingerprint density at radius 3 is 2.41 bits per heavy atom. The SMILES string of the molecule is CCN(CC)Cc1nc2sc(C)c(C)c2c(=O)n1CC(=O)Nc1ccc(C)cc1. The lowest BCUT2D eigenvalue weighted by atomic mass is 10.2. The summed E-state index contributed by atoms with van der Waals surface area (Å²) in [6.07, 6.45) is 0. The number of nitrogens with one attached hydrogen (secondary N) is 1. The average molecular weight is 413 g/mol. The molecule has 0 unspecified atom stereocenters. The van der Waals surface area contributed by atoms with Crippen molar-refractivity contribution < 1.29 is 4.79 Å². The minimum atomic E-state index is -0.234. The van der Waals surface area contributed by atoms with Gasteiger partial charge in [-0.25, -0.2) is 4.98 Å². The maximum Gasteiger partial charge on any atom is 0.263 e. The van der Waals surface area contributed by atoms with E-state index in [0.29, 0.717) is 17.8 Å². The number of nitrogens with zero attached hydrogens (tertiary/aromatic N) is 3. The second kappa shape index (κ2) is 8.88. The molecule has 0 radical (unpaired) electrons. The standard InChI is InChI=1S/C22H28N4O2S/c1-6-25(7-2)12-18-24-21-20(15(4)16(5)29-21)22(28)26(18)13-19(27)23-17-10-8-14(3)9-11-17/h8-11H,6-7,12-13H2,1-5H3,(H,23,27). The van der Waals surface area contributed by atoms with Crippen molar-refractivity contribution in [3.63, 3.8) is 0 Å². The summed E-state index contributed by atoms with van der Waals surface area (Å²) in [7, 11) is 0. The Morgan fingerprint density at radius 1 is 1.14 bits per heavy atom. The van der Waals surface area contributed by atoms with Crippen LogP contribution < -0.4 is 10.9 Å². The number of carbonyl (C=O) groups excluding carboxylic acids is 1. The second-order valence-corrected chi connectivity index (χ2v) is 8.46. The van der Waals surface area contributed by atoms with Gasteiger partial charge in [-0.15, -0.1) is 11.3 Å². The number of aryl methyl sites for hydroxylation is 3. The van der Waals surface area contributed by atoms with Gasteiger partial charge in [-0.1, -0.05) is 31.5 Å². The Bertz CT molecular complexity index is 1080. The molecule has 0 saturated carbocycles. The second-order valence-electron chi connectivity index (χ2n) is 7.26. The molecule has 0 bridgehead atoms. The molecule has 154 valence electrons. The third kappa shape index (κ3) is 4.57. The number of thiophene rings is 1. The number of rotatable bonds is 7. The molecule has 2 heterocycles. The van der Waals surface area contributed by atoms with Crippen molar-refractivity contribution in [1.82, 2.24) is 14.5 Å². The van der Waals surface area contributed by atoms with Crippen LogP contribution in [0.25, 0.3) is 10.2 Å². The van der Waals surface area contributed by atoms with Crippen LogP contribution >= 0.6 is 11.3 Å². The van der Waals surface area contributed by atoms with E-state index < -0.39 is 0 Å². The van der Waals surface area contributed by atoms with Gasteiger partial charge in [0.2, 0.25) is 5.91 Å². The zero-order valence-electron chi connectivity index (χ0n) is 17.7. The fourth-order valence-electron chi connectivity index (χ4n) is 3.28. The van der Waals surface area contributed by atoms with Crippen LogP contribution in [-0.4, -0.2) is 33.4 Å². The van der Waals surface area contributed by atoms with E-state index in [9.17, 15) is 9.59 Å². The molecule has 0 aliphatic heterocycles. The molecule has 0 fully saturated rings. The number of aromatic nitrogens is 2. The topological polar surface area (TPSA) is 67.2 Å². The Hall–Kier alpha value is -2.51. The molecular formula is C22H28N4O2S. The van der Waals surface area contributed by atoms with Gasteiger partial charge in [0, 0.05) is 10.6 Å². The number of hydrogen-bond acceptors (Lipinski definition) is 5. The van der Waals surface area contributed by atoms with E-state index in [-0.39, 0.29) is 18.0 Å². The van der Waals surface area contributed by atoms with Gasteiger partial charge < -0.3 is 5.32 Å². The normalized spacial score (nSPS) is 11.4. The molecule has 1 amide bonds. The summed E-state index contributed by atoms with van der Waals surface area (Å²) in [6.45, 7) is 12.3. The Kier molecular flexibility index (Phi) is 6.49. The first-order valence-electron chi connectivity index (χ1n) is 9.92. The molecular weight excluding hydrogens is 384 g/mol. The first-order valence-corrected chi connectivity index (χ1v) is 10.7. The predicted molar refractivity (Wildman–Crippen MR) is 120 cm³/mol. The summed E-state index contributed by atoms with van der Waals surface area (Å²) < 4.78 is 1.53. The third-order valence-corrected chi connectivity index (χ3v) is 6.37. The van der Waals surface area contributed by atoms with E-state index in [1.54, 1.807) is 0 Å². The van der Waals surface area contributed by atoms with Gasteiger partial charge in [0.1, 0.15) is 17.2 Å². The quantitative estimate of drug-likeness (QED) is 0.640. The molecule has 29 heavy (non-hydrogen) atoms. The van der Waals surface area contributed by atoms with Crippen LogP contribution in [0.3, 0.4) is 0 Å². The van der Waals surface area contributed by atoms with Crippen LogP contribution in [0, 0.1) is 20.8 Å². The lowest BCUT2D eigenvalue weighted by molar-refractivity contribution is -0.116. The summed E-state index contributed by atoms with van der Waals surface area (Å²) in [4.78, 5) is 34.8. The summed E-state index contributed by atoms with van der Waals surface area (Å²) in [6, 6.07) is 7.61. The van der Waals surface area contributed by atoms with E-state index in [0.717, 1.165) is 39.6 Å². The van der Waals surface area contributed by atoms with Crippen molar-refractivity contribution in [2.75, 3.05) is 18.4 Å². The molecule has 1 N–H and O–H groups in total. The first-order chi connectivity index (χ1) is 13.8. The van der Waals surface area contributed by atoms with Gasteiger partial charge in [-0.05, 0) is 51.6 Å². The monoisotopic (exact) mass is 412 g/mol. The molecule has 1 aromatic carbocycles. The van der Waals surface area contributed by atoms with Crippen LogP contribution in [0.1, 0.15) is 35.7 Å². The molecule has 3 rings (SSSR count). The van der Waals surface area contributed by atoms with E-state index in [4.69, 9.17) is 4.98 Å². The van der Waals surface area contributed by atoms with E-state index in [1.165, 1.54) is 15.9 Å². The minimum Gasteiger partial charge on any atom is -0.325 e. The lowest BCUT2D eigenvalue weighted by Gasteiger charge is -2.20. The Labute approximate surface area is 175 Å². The smallest absolute Gasteiger partial charge is 0.263 e. The zero-order chi connectivity index (χ0) is 21.1. The highest BCUT2D eigenvalue weighted by atomic mass is 32.1. The maximum atomic E-state index is 13.3. The molecule has 0 aliphatic carbocycles. The molecule has 3 aromatic rings.